The Morgan fingerprint density at radius 2 is 2.17 bits per heavy atom. The van der Waals surface area contributed by atoms with Crippen LogP contribution in [0.5, 0.6) is 0 Å². The van der Waals surface area contributed by atoms with E-state index in [1.54, 1.807) is 4.68 Å². The number of H-pyrrole nitrogens is 1. The number of aromatic amines is 1. The van der Waals surface area contributed by atoms with E-state index in [0.29, 0.717) is 4.77 Å². The van der Waals surface area contributed by atoms with Crippen LogP contribution in [-0.2, 0) is 6.42 Å². The lowest BCUT2D eigenvalue weighted by molar-refractivity contribution is 0.773. The molecule has 0 saturated carbocycles. The Kier molecular flexibility index (Phi) is 4.04. The molecule has 0 amide bonds. The molecule has 0 radical (unpaired) electrons. The molecule has 0 spiro atoms. The largest absolute Gasteiger partial charge is 0.250 e. The van der Waals surface area contributed by atoms with Gasteiger partial charge in [-0.15, -0.1) is 0 Å². The van der Waals surface area contributed by atoms with E-state index in [1.165, 1.54) is 5.56 Å². The maximum absolute atomic E-state index is 5.14. The summed E-state index contributed by atoms with van der Waals surface area (Å²) in [6.45, 7) is 4.13. The molecule has 0 aliphatic rings. The van der Waals surface area contributed by atoms with E-state index >= 15 is 0 Å². The maximum Gasteiger partial charge on any atom is 0.216 e. The number of nitrogens with zero attached hydrogens (tertiary/aromatic N) is 3. The Morgan fingerprint density at radius 1 is 1.44 bits per heavy atom. The van der Waals surface area contributed by atoms with Crippen LogP contribution in [0.3, 0.4) is 0 Å². The summed E-state index contributed by atoms with van der Waals surface area (Å²) in [5, 5.41) is 11.3. The molecule has 0 aliphatic heterocycles. The minimum absolute atomic E-state index is 0.243. The van der Waals surface area contributed by atoms with Crippen LogP contribution in [0.15, 0.2) is 35.4 Å². The molecule has 0 bridgehead atoms. The molecule has 0 unspecified atom stereocenters. The Balaban J connectivity index is 2.21. The van der Waals surface area contributed by atoms with Crippen LogP contribution in [0.25, 0.3) is 0 Å². The van der Waals surface area contributed by atoms with Gasteiger partial charge in [-0.05, 0) is 17.8 Å². The van der Waals surface area contributed by atoms with Gasteiger partial charge in [-0.3, -0.25) is 5.10 Å². The van der Waals surface area contributed by atoms with Crippen molar-refractivity contribution in [3.63, 3.8) is 0 Å². The van der Waals surface area contributed by atoms with Crippen LogP contribution in [-0.4, -0.2) is 21.1 Å². The van der Waals surface area contributed by atoms with Crippen LogP contribution in [0.1, 0.15) is 31.2 Å². The molecular formula is C13H16N4S. The third-order valence-corrected chi connectivity index (χ3v) is 3.03. The summed E-state index contributed by atoms with van der Waals surface area (Å²) >= 11 is 5.14. The lowest BCUT2D eigenvalue weighted by Crippen LogP contribution is -2.00. The number of hydrogen-bond acceptors (Lipinski definition) is 3. The van der Waals surface area contributed by atoms with Crippen molar-refractivity contribution < 1.29 is 0 Å². The second-order valence-corrected chi connectivity index (χ2v) is 4.46. The van der Waals surface area contributed by atoms with E-state index in [1.807, 2.05) is 31.3 Å². The van der Waals surface area contributed by atoms with Crippen molar-refractivity contribution in [1.82, 2.24) is 14.9 Å². The van der Waals surface area contributed by atoms with Crippen LogP contribution < -0.4 is 0 Å². The molecule has 0 saturated heterocycles. The van der Waals surface area contributed by atoms with Gasteiger partial charge in [0.2, 0.25) is 4.77 Å². The molecule has 1 aromatic carbocycles. The molecule has 1 atom stereocenters. The molecule has 1 aromatic heterocycles. The van der Waals surface area contributed by atoms with Crippen molar-refractivity contribution in [3.8, 4) is 0 Å². The van der Waals surface area contributed by atoms with Gasteiger partial charge in [0.1, 0.15) is 0 Å². The summed E-state index contributed by atoms with van der Waals surface area (Å²) in [5.41, 5.74) is 1.23. The normalized spacial score (nSPS) is 13.0. The molecule has 1 heterocycles. The fraction of sp³-hybridized carbons (Fsp3) is 0.308. The van der Waals surface area contributed by atoms with Gasteiger partial charge in [0.15, 0.2) is 5.82 Å². The van der Waals surface area contributed by atoms with Gasteiger partial charge in [0, 0.05) is 18.6 Å². The highest BCUT2D eigenvalue weighted by Gasteiger charge is 2.04. The minimum atomic E-state index is 0.243. The smallest absolute Gasteiger partial charge is 0.216 e. The van der Waals surface area contributed by atoms with Gasteiger partial charge in [-0.2, -0.15) is 14.9 Å². The number of nitrogens with one attached hydrogen (secondary N) is 1. The molecule has 4 nitrogen and oxygen atoms in total. The molecule has 0 aliphatic carbocycles. The molecular weight excluding hydrogens is 244 g/mol. The van der Waals surface area contributed by atoms with E-state index < -0.39 is 0 Å². The SMILES string of the molecule is CCc1n[nH]c(=S)n1N=C[C@H](C)c1ccccc1. The molecule has 2 rings (SSSR count). The monoisotopic (exact) mass is 260 g/mol. The molecule has 0 fully saturated rings. The quantitative estimate of drug-likeness (QED) is 0.678. The number of rotatable bonds is 4. The highest BCUT2D eigenvalue weighted by molar-refractivity contribution is 7.71. The second kappa shape index (κ2) is 5.73. The van der Waals surface area contributed by atoms with Crippen LogP contribution in [0.2, 0.25) is 0 Å². The predicted molar refractivity (Wildman–Crippen MR) is 75.5 cm³/mol. The Bertz CT molecular complexity index is 583. The van der Waals surface area contributed by atoms with Gasteiger partial charge in [0.25, 0.3) is 0 Å². The first-order valence-corrected chi connectivity index (χ1v) is 6.39. The number of aryl methyl sites for hydroxylation is 1. The van der Waals surface area contributed by atoms with Gasteiger partial charge in [-0.1, -0.05) is 44.2 Å². The minimum Gasteiger partial charge on any atom is -0.250 e. The van der Waals surface area contributed by atoms with Crippen LogP contribution >= 0.6 is 12.2 Å². The van der Waals surface area contributed by atoms with E-state index in [9.17, 15) is 0 Å². The highest BCUT2D eigenvalue weighted by Crippen LogP contribution is 2.12. The zero-order valence-corrected chi connectivity index (χ0v) is 11.3. The average molecular weight is 260 g/mol. The Labute approximate surface area is 111 Å². The van der Waals surface area contributed by atoms with Gasteiger partial charge in [0.05, 0.1) is 0 Å². The Hall–Kier alpha value is -1.75. The summed E-state index contributed by atoms with van der Waals surface area (Å²) < 4.78 is 2.21. The average Bonchev–Trinajstić information content (AvgIpc) is 2.77. The standard InChI is InChI=1S/C13H16N4S/c1-3-12-15-16-13(18)17(12)14-9-10(2)11-7-5-4-6-8-11/h4-10H,3H2,1-2H3,(H,16,18)/t10-/m0/s1. The summed E-state index contributed by atoms with van der Waals surface area (Å²) in [4.78, 5) is 0. The zero-order valence-electron chi connectivity index (χ0n) is 10.5. The van der Waals surface area contributed by atoms with Gasteiger partial charge >= 0.3 is 0 Å². The van der Waals surface area contributed by atoms with E-state index in [-0.39, 0.29) is 5.92 Å². The number of hydrogen-bond donors (Lipinski definition) is 1. The second-order valence-electron chi connectivity index (χ2n) is 4.07. The van der Waals surface area contributed by atoms with E-state index in [2.05, 4.69) is 34.4 Å². The van der Waals surface area contributed by atoms with Crippen molar-refractivity contribution in [2.75, 3.05) is 0 Å². The topological polar surface area (TPSA) is 46.0 Å². The Morgan fingerprint density at radius 3 is 2.83 bits per heavy atom. The van der Waals surface area contributed by atoms with Crippen molar-refractivity contribution >= 4 is 18.4 Å². The third kappa shape index (κ3) is 2.73. The first-order chi connectivity index (χ1) is 8.72. The molecule has 18 heavy (non-hydrogen) atoms. The summed E-state index contributed by atoms with van der Waals surface area (Å²) in [7, 11) is 0. The van der Waals surface area contributed by atoms with Crippen molar-refractivity contribution in [3.05, 3.63) is 46.5 Å². The molecule has 2 aromatic rings. The number of benzene rings is 1. The summed E-state index contributed by atoms with van der Waals surface area (Å²) in [5.74, 6) is 1.09. The van der Waals surface area contributed by atoms with Crippen LogP contribution in [0.4, 0.5) is 0 Å². The molecule has 1 N–H and O–H groups in total. The van der Waals surface area contributed by atoms with E-state index in [0.717, 1.165) is 12.2 Å². The molecule has 94 valence electrons. The summed E-state index contributed by atoms with van der Waals surface area (Å²) in [6, 6.07) is 10.2. The van der Waals surface area contributed by atoms with E-state index in [4.69, 9.17) is 12.2 Å². The molecule has 5 heteroatoms. The predicted octanol–water partition coefficient (Wildman–Crippen LogP) is 3.14. The van der Waals surface area contributed by atoms with Crippen molar-refractivity contribution in [2.45, 2.75) is 26.2 Å². The lowest BCUT2D eigenvalue weighted by atomic mass is 10.0. The zero-order chi connectivity index (χ0) is 13.0. The highest BCUT2D eigenvalue weighted by atomic mass is 32.1. The maximum atomic E-state index is 5.14. The van der Waals surface area contributed by atoms with Gasteiger partial charge in [-0.25, -0.2) is 0 Å². The first-order valence-electron chi connectivity index (χ1n) is 5.98. The van der Waals surface area contributed by atoms with Crippen molar-refractivity contribution in [1.29, 1.82) is 0 Å². The van der Waals surface area contributed by atoms with Crippen LogP contribution in [0, 0.1) is 4.77 Å². The number of aromatic nitrogens is 3. The lowest BCUT2D eigenvalue weighted by Gasteiger charge is -2.05. The first kappa shape index (κ1) is 12.7. The third-order valence-electron chi connectivity index (χ3n) is 2.76. The van der Waals surface area contributed by atoms with Gasteiger partial charge < -0.3 is 0 Å². The summed E-state index contributed by atoms with van der Waals surface area (Å²) in [6.07, 6.45) is 2.68. The fourth-order valence-corrected chi connectivity index (χ4v) is 1.88. The van der Waals surface area contributed by atoms with Crippen molar-refractivity contribution in [2.24, 2.45) is 5.10 Å². The fourth-order valence-electron chi connectivity index (χ4n) is 1.68.